The van der Waals surface area contributed by atoms with Gasteiger partial charge in [0.1, 0.15) is 23.0 Å². The zero-order chi connectivity index (χ0) is 21.1. The van der Waals surface area contributed by atoms with Gasteiger partial charge in [-0.3, -0.25) is 19.6 Å². The maximum absolute atomic E-state index is 13.8. The van der Waals surface area contributed by atoms with E-state index in [1.165, 1.54) is 48.8 Å². The lowest BCUT2D eigenvalue weighted by Crippen LogP contribution is -2.18. The Labute approximate surface area is 169 Å². The van der Waals surface area contributed by atoms with Crippen LogP contribution in [-0.2, 0) is 0 Å². The van der Waals surface area contributed by atoms with Gasteiger partial charge in [0.2, 0.25) is 0 Å². The molecule has 0 bridgehead atoms. The molecule has 2 amide bonds. The molecule has 4 aromatic rings. The number of fused-ring (bicyclic) bond motifs is 1. The van der Waals surface area contributed by atoms with E-state index in [-0.39, 0.29) is 22.8 Å². The Hall–Kier alpha value is -4.20. The van der Waals surface area contributed by atoms with Gasteiger partial charge in [-0.2, -0.15) is 0 Å². The molecule has 0 saturated heterocycles. The Morgan fingerprint density at radius 3 is 2.23 bits per heavy atom. The molecular weight excluding hydrogens is 390 g/mol. The van der Waals surface area contributed by atoms with Gasteiger partial charge in [0, 0.05) is 17.8 Å². The number of amides is 2. The number of hydrogen-bond donors (Lipinski definition) is 2. The number of nitrogens with one attached hydrogen (secondary N) is 2. The Morgan fingerprint density at radius 1 is 0.700 bits per heavy atom. The van der Waals surface area contributed by atoms with Crippen LogP contribution in [0.25, 0.3) is 10.8 Å². The molecule has 0 atom stereocenters. The topological polar surface area (TPSA) is 84.0 Å². The molecule has 2 aromatic heterocycles. The summed E-state index contributed by atoms with van der Waals surface area (Å²) in [6.07, 6.45) is 2.85. The molecule has 0 aliphatic carbocycles. The van der Waals surface area contributed by atoms with Crippen LogP contribution >= 0.6 is 0 Å². The van der Waals surface area contributed by atoms with Crippen molar-refractivity contribution < 1.29 is 18.4 Å². The Morgan fingerprint density at radius 2 is 1.43 bits per heavy atom. The SMILES string of the molecule is O=C(Nc1ccc(F)cc1NC(=O)c1cc2ccc(F)cc2cn1)c1ccccn1. The normalized spacial score (nSPS) is 10.6. The van der Waals surface area contributed by atoms with Crippen molar-refractivity contribution in [3.63, 3.8) is 0 Å². The average Bonchev–Trinajstić information content (AvgIpc) is 2.75. The molecule has 8 heteroatoms. The number of benzene rings is 2. The second kappa shape index (κ2) is 8.04. The number of aromatic nitrogens is 2. The predicted molar refractivity (Wildman–Crippen MR) is 108 cm³/mol. The van der Waals surface area contributed by atoms with Crippen LogP contribution in [0.15, 0.2) is 73.1 Å². The lowest BCUT2D eigenvalue weighted by molar-refractivity contribution is 0.101. The van der Waals surface area contributed by atoms with Crippen molar-refractivity contribution in [2.24, 2.45) is 0 Å². The van der Waals surface area contributed by atoms with Gasteiger partial charge in [-0.15, -0.1) is 0 Å². The van der Waals surface area contributed by atoms with Gasteiger partial charge in [-0.25, -0.2) is 8.78 Å². The summed E-state index contributed by atoms with van der Waals surface area (Å²) in [5, 5.41) is 6.32. The fourth-order valence-electron chi connectivity index (χ4n) is 2.84. The van der Waals surface area contributed by atoms with Gasteiger partial charge < -0.3 is 10.6 Å². The maximum Gasteiger partial charge on any atom is 0.274 e. The molecule has 148 valence electrons. The molecule has 6 nitrogen and oxygen atoms in total. The number of pyridine rings is 2. The number of carbonyl (C=O) groups is 2. The standard InChI is InChI=1S/C22H14F2N4O2/c23-15-5-4-13-10-20(26-12-14(13)9-15)22(30)28-19-11-16(24)6-7-17(19)27-21(29)18-3-1-2-8-25-18/h1-12H,(H,27,29)(H,28,30). The molecule has 0 saturated carbocycles. The van der Waals surface area contributed by atoms with Gasteiger partial charge >= 0.3 is 0 Å². The van der Waals surface area contributed by atoms with Crippen LogP contribution in [0.1, 0.15) is 21.0 Å². The minimum Gasteiger partial charge on any atom is -0.319 e. The first-order valence-electron chi connectivity index (χ1n) is 8.88. The number of carbonyl (C=O) groups excluding carboxylic acids is 2. The summed E-state index contributed by atoms with van der Waals surface area (Å²) in [6.45, 7) is 0. The highest BCUT2D eigenvalue weighted by atomic mass is 19.1. The molecule has 0 radical (unpaired) electrons. The maximum atomic E-state index is 13.8. The van der Waals surface area contributed by atoms with E-state index in [2.05, 4.69) is 20.6 Å². The highest BCUT2D eigenvalue weighted by Crippen LogP contribution is 2.24. The Bertz CT molecular complexity index is 1260. The monoisotopic (exact) mass is 404 g/mol. The number of rotatable bonds is 4. The molecule has 0 spiro atoms. The van der Waals surface area contributed by atoms with E-state index in [9.17, 15) is 18.4 Å². The van der Waals surface area contributed by atoms with Gasteiger partial charge in [-0.1, -0.05) is 12.1 Å². The van der Waals surface area contributed by atoms with Gasteiger partial charge in [0.15, 0.2) is 0 Å². The third kappa shape index (κ3) is 4.12. The van der Waals surface area contributed by atoms with E-state index >= 15 is 0 Å². The summed E-state index contributed by atoms with van der Waals surface area (Å²) in [5.41, 5.74) is 0.483. The van der Waals surface area contributed by atoms with Crippen LogP contribution in [0.4, 0.5) is 20.2 Å². The Kier molecular flexibility index (Phi) is 5.13. The molecule has 0 fully saturated rings. The number of anilines is 2. The van der Waals surface area contributed by atoms with E-state index in [4.69, 9.17) is 0 Å². The first-order valence-corrected chi connectivity index (χ1v) is 8.88. The summed E-state index contributed by atoms with van der Waals surface area (Å²) in [7, 11) is 0. The minimum atomic E-state index is -0.611. The van der Waals surface area contributed by atoms with Crippen molar-refractivity contribution in [2.45, 2.75) is 0 Å². The van der Waals surface area contributed by atoms with Crippen molar-refractivity contribution in [1.29, 1.82) is 0 Å². The van der Waals surface area contributed by atoms with E-state index in [1.807, 2.05) is 0 Å². The van der Waals surface area contributed by atoms with Crippen LogP contribution < -0.4 is 10.6 Å². The van der Waals surface area contributed by atoms with Crippen molar-refractivity contribution in [3.8, 4) is 0 Å². The molecular formula is C22H14F2N4O2. The minimum absolute atomic E-state index is 0.0559. The highest BCUT2D eigenvalue weighted by molar-refractivity contribution is 6.09. The largest absolute Gasteiger partial charge is 0.319 e. The molecule has 2 N–H and O–H groups in total. The van der Waals surface area contributed by atoms with E-state index < -0.39 is 23.4 Å². The predicted octanol–water partition coefficient (Wildman–Crippen LogP) is 4.41. The van der Waals surface area contributed by atoms with Crippen LogP contribution in [0.5, 0.6) is 0 Å². The quantitative estimate of drug-likeness (QED) is 0.528. The summed E-state index contributed by atoms with van der Waals surface area (Å²) < 4.78 is 27.1. The molecule has 2 aromatic carbocycles. The van der Waals surface area contributed by atoms with Crippen LogP contribution in [0.3, 0.4) is 0 Å². The van der Waals surface area contributed by atoms with Crippen molar-refractivity contribution >= 4 is 34.0 Å². The van der Waals surface area contributed by atoms with Crippen molar-refractivity contribution in [3.05, 3.63) is 96.1 Å². The second-order valence-electron chi connectivity index (χ2n) is 6.37. The first-order chi connectivity index (χ1) is 14.5. The average molecular weight is 404 g/mol. The van der Waals surface area contributed by atoms with Gasteiger partial charge in [0.25, 0.3) is 11.8 Å². The molecule has 0 unspecified atom stereocenters. The van der Waals surface area contributed by atoms with Crippen molar-refractivity contribution in [1.82, 2.24) is 9.97 Å². The summed E-state index contributed by atoms with van der Waals surface area (Å²) >= 11 is 0. The van der Waals surface area contributed by atoms with E-state index in [0.29, 0.717) is 10.8 Å². The summed E-state index contributed by atoms with van der Waals surface area (Å²) in [5.74, 6) is -2.12. The number of nitrogens with zero attached hydrogens (tertiary/aromatic N) is 2. The smallest absolute Gasteiger partial charge is 0.274 e. The molecule has 2 heterocycles. The zero-order valence-corrected chi connectivity index (χ0v) is 15.4. The van der Waals surface area contributed by atoms with Crippen LogP contribution in [0, 0.1) is 11.6 Å². The molecule has 4 rings (SSSR count). The second-order valence-corrected chi connectivity index (χ2v) is 6.37. The first kappa shape index (κ1) is 19.1. The fourth-order valence-corrected chi connectivity index (χ4v) is 2.84. The zero-order valence-electron chi connectivity index (χ0n) is 15.4. The lowest BCUT2D eigenvalue weighted by atomic mass is 10.1. The summed E-state index contributed by atoms with van der Waals surface area (Å²) in [6, 6.07) is 14.1. The number of halogens is 2. The lowest BCUT2D eigenvalue weighted by Gasteiger charge is -2.12. The molecule has 30 heavy (non-hydrogen) atoms. The molecule has 0 aliphatic rings. The number of hydrogen-bond acceptors (Lipinski definition) is 4. The highest BCUT2D eigenvalue weighted by Gasteiger charge is 2.15. The van der Waals surface area contributed by atoms with Crippen LogP contribution in [0.2, 0.25) is 0 Å². The van der Waals surface area contributed by atoms with Gasteiger partial charge in [0.05, 0.1) is 11.4 Å². The van der Waals surface area contributed by atoms with Crippen LogP contribution in [-0.4, -0.2) is 21.8 Å². The van der Waals surface area contributed by atoms with Crippen molar-refractivity contribution in [2.75, 3.05) is 10.6 Å². The van der Waals surface area contributed by atoms with Gasteiger partial charge in [-0.05, 0) is 53.9 Å². The molecule has 0 aliphatic heterocycles. The summed E-state index contributed by atoms with van der Waals surface area (Å²) in [4.78, 5) is 33.0. The fraction of sp³-hybridized carbons (Fsp3) is 0. The van der Waals surface area contributed by atoms with E-state index in [1.54, 1.807) is 12.1 Å². The third-order valence-electron chi connectivity index (χ3n) is 4.29. The van der Waals surface area contributed by atoms with E-state index in [0.717, 1.165) is 12.1 Å². The third-order valence-corrected chi connectivity index (χ3v) is 4.29. The Balaban J connectivity index is 1.59.